The monoisotopic (exact) mass is 315 g/mol. The van der Waals surface area contributed by atoms with Crippen LogP contribution in [0.2, 0.25) is 0 Å². The van der Waals surface area contributed by atoms with Crippen molar-refractivity contribution >= 4 is 0 Å². The minimum atomic E-state index is 0.0589. The van der Waals surface area contributed by atoms with Gasteiger partial charge >= 0.3 is 0 Å². The average molecular weight is 315 g/mol. The molecule has 0 amide bonds. The van der Waals surface area contributed by atoms with E-state index in [0.29, 0.717) is 12.5 Å². The highest BCUT2D eigenvalue weighted by atomic mass is 16.5. The SMILES string of the molecule is Cc1c(CNCC2CCCOC2)c(=O)n(-c2ccccc2)n1C. The van der Waals surface area contributed by atoms with Crippen LogP contribution in [0, 0.1) is 12.8 Å². The molecule has 0 aliphatic carbocycles. The van der Waals surface area contributed by atoms with E-state index in [2.05, 4.69) is 5.32 Å². The Morgan fingerprint density at radius 3 is 2.78 bits per heavy atom. The Kier molecular flexibility index (Phi) is 4.98. The summed E-state index contributed by atoms with van der Waals surface area (Å²) in [5.41, 5.74) is 2.80. The summed E-state index contributed by atoms with van der Waals surface area (Å²) >= 11 is 0. The summed E-state index contributed by atoms with van der Waals surface area (Å²) < 4.78 is 9.16. The normalized spacial score (nSPS) is 18.3. The Balaban J connectivity index is 1.74. The summed E-state index contributed by atoms with van der Waals surface area (Å²) in [5, 5.41) is 3.44. The van der Waals surface area contributed by atoms with E-state index in [4.69, 9.17) is 4.74 Å². The number of rotatable bonds is 5. The van der Waals surface area contributed by atoms with Crippen molar-refractivity contribution in [1.82, 2.24) is 14.7 Å². The van der Waals surface area contributed by atoms with Gasteiger partial charge in [-0.25, -0.2) is 4.68 Å². The molecule has 2 aromatic rings. The van der Waals surface area contributed by atoms with Crippen molar-refractivity contribution in [3.8, 4) is 5.69 Å². The molecule has 1 aliphatic heterocycles. The molecule has 0 saturated carbocycles. The van der Waals surface area contributed by atoms with Crippen molar-refractivity contribution in [2.75, 3.05) is 19.8 Å². The van der Waals surface area contributed by atoms with E-state index in [1.165, 1.54) is 6.42 Å². The highest BCUT2D eigenvalue weighted by molar-refractivity contribution is 5.33. The van der Waals surface area contributed by atoms with E-state index >= 15 is 0 Å². The zero-order valence-electron chi connectivity index (χ0n) is 13.9. The largest absolute Gasteiger partial charge is 0.381 e. The third-order valence-corrected chi connectivity index (χ3v) is 4.66. The van der Waals surface area contributed by atoms with E-state index in [-0.39, 0.29) is 5.56 Å². The molecule has 0 radical (unpaired) electrons. The molecule has 1 aliphatic rings. The molecule has 2 heterocycles. The molecule has 3 rings (SSSR count). The Morgan fingerprint density at radius 1 is 1.30 bits per heavy atom. The standard InChI is InChI=1S/C18H25N3O2/c1-14-17(12-19-11-15-7-6-10-23-13-15)18(22)21(20(14)2)16-8-4-3-5-9-16/h3-5,8-9,15,19H,6-7,10-13H2,1-2H3. The van der Waals surface area contributed by atoms with Crippen LogP contribution in [0.3, 0.4) is 0 Å². The predicted octanol–water partition coefficient (Wildman–Crippen LogP) is 2.00. The van der Waals surface area contributed by atoms with Crippen LogP contribution in [0.15, 0.2) is 35.1 Å². The molecule has 0 bridgehead atoms. The van der Waals surface area contributed by atoms with Crippen molar-refractivity contribution in [1.29, 1.82) is 0 Å². The number of hydrogen-bond acceptors (Lipinski definition) is 3. The third-order valence-electron chi connectivity index (χ3n) is 4.66. The maximum atomic E-state index is 12.8. The van der Waals surface area contributed by atoms with Gasteiger partial charge in [-0.3, -0.25) is 9.48 Å². The smallest absolute Gasteiger partial charge is 0.276 e. The van der Waals surface area contributed by atoms with Crippen LogP contribution in [0.25, 0.3) is 5.69 Å². The number of nitrogens with one attached hydrogen (secondary N) is 1. The molecule has 0 spiro atoms. The second kappa shape index (κ2) is 7.15. The minimum absolute atomic E-state index is 0.0589. The van der Waals surface area contributed by atoms with Crippen molar-refractivity contribution in [3.05, 3.63) is 51.9 Å². The first kappa shape index (κ1) is 16.0. The molecule has 5 heteroatoms. The third kappa shape index (κ3) is 3.41. The van der Waals surface area contributed by atoms with Gasteiger partial charge in [0, 0.05) is 32.4 Å². The first-order chi connectivity index (χ1) is 11.2. The van der Waals surface area contributed by atoms with E-state index in [0.717, 1.165) is 43.1 Å². The molecule has 1 N–H and O–H groups in total. The predicted molar refractivity (Wildman–Crippen MR) is 91.0 cm³/mol. The summed E-state index contributed by atoms with van der Waals surface area (Å²) in [7, 11) is 1.93. The van der Waals surface area contributed by atoms with E-state index < -0.39 is 0 Å². The quantitative estimate of drug-likeness (QED) is 0.918. The number of hydrogen-bond donors (Lipinski definition) is 1. The van der Waals surface area contributed by atoms with Gasteiger partial charge in [-0.05, 0) is 37.8 Å². The van der Waals surface area contributed by atoms with Gasteiger partial charge < -0.3 is 10.1 Å². The lowest BCUT2D eigenvalue weighted by atomic mass is 10.0. The zero-order chi connectivity index (χ0) is 16.2. The Hall–Kier alpha value is -1.85. The first-order valence-electron chi connectivity index (χ1n) is 8.30. The molecule has 1 aromatic carbocycles. The van der Waals surface area contributed by atoms with Crippen LogP contribution in [0.4, 0.5) is 0 Å². The van der Waals surface area contributed by atoms with Crippen LogP contribution in [0.5, 0.6) is 0 Å². The maximum absolute atomic E-state index is 12.8. The van der Waals surface area contributed by atoms with E-state index in [1.54, 1.807) is 4.68 Å². The van der Waals surface area contributed by atoms with E-state index in [1.807, 2.05) is 49.0 Å². The number of benzene rings is 1. The van der Waals surface area contributed by atoms with Gasteiger partial charge in [-0.2, -0.15) is 0 Å². The molecule has 23 heavy (non-hydrogen) atoms. The number of ether oxygens (including phenoxy) is 1. The lowest BCUT2D eigenvalue weighted by molar-refractivity contribution is 0.0547. The number of aromatic nitrogens is 2. The lowest BCUT2D eigenvalue weighted by Gasteiger charge is -2.22. The lowest BCUT2D eigenvalue weighted by Crippen LogP contribution is -2.30. The van der Waals surface area contributed by atoms with Crippen molar-refractivity contribution in [2.24, 2.45) is 13.0 Å². The maximum Gasteiger partial charge on any atom is 0.276 e. The molecule has 1 aromatic heterocycles. The molecule has 1 fully saturated rings. The fourth-order valence-corrected chi connectivity index (χ4v) is 3.20. The fourth-order valence-electron chi connectivity index (χ4n) is 3.20. The second-order valence-electron chi connectivity index (χ2n) is 6.25. The van der Waals surface area contributed by atoms with Gasteiger partial charge in [0.1, 0.15) is 0 Å². The van der Waals surface area contributed by atoms with Gasteiger partial charge in [0.2, 0.25) is 0 Å². The molecule has 124 valence electrons. The molecule has 1 unspecified atom stereocenters. The van der Waals surface area contributed by atoms with Crippen LogP contribution >= 0.6 is 0 Å². The van der Waals surface area contributed by atoms with Crippen molar-refractivity contribution < 1.29 is 4.74 Å². The second-order valence-corrected chi connectivity index (χ2v) is 6.25. The molecule has 5 nitrogen and oxygen atoms in total. The topological polar surface area (TPSA) is 48.2 Å². The van der Waals surface area contributed by atoms with Crippen LogP contribution in [-0.2, 0) is 18.3 Å². The Bertz CT molecular complexity index is 697. The highest BCUT2D eigenvalue weighted by Gasteiger charge is 2.17. The summed E-state index contributed by atoms with van der Waals surface area (Å²) in [4.78, 5) is 12.8. The van der Waals surface area contributed by atoms with Gasteiger partial charge in [0.05, 0.1) is 17.9 Å². The van der Waals surface area contributed by atoms with Crippen molar-refractivity contribution in [3.63, 3.8) is 0 Å². The Labute approximate surface area is 136 Å². The highest BCUT2D eigenvalue weighted by Crippen LogP contribution is 2.13. The zero-order valence-corrected chi connectivity index (χ0v) is 13.9. The van der Waals surface area contributed by atoms with Crippen molar-refractivity contribution in [2.45, 2.75) is 26.3 Å². The van der Waals surface area contributed by atoms with Crippen LogP contribution in [-0.4, -0.2) is 29.1 Å². The van der Waals surface area contributed by atoms with Crippen LogP contribution < -0.4 is 10.9 Å². The minimum Gasteiger partial charge on any atom is -0.381 e. The molecule has 1 atom stereocenters. The number of nitrogens with zero attached hydrogens (tertiary/aromatic N) is 2. The fraction of sp³-hybridized carbons (Fsp3) is 0.500. The summed E-state index contributed by atoms with van der Waals surface area (Å²) in [6.07, 6.45) is 2.34. The van der Waals surface area contributed by atoms with Gasteiger partial charge in [0.25, 0.3) is 5.56 Å². The van der Waals surface area contributed by atoms with Gasteiger partial charge in [-0.15, -0.1) is 0 Å². The van der Waals surface area contributed by atoms with Crippen LogP contribution in [0.1, 0.15) is 24.1 Å². The average Bonchev–Trinajstić information content (AvgIpc) is 2.80. The molecular weight excluding hydrogens is 290 g/mol. The Morgan fingerprint density at radius 2 is 2.09 bits per heavy atom. The summed E-state index contributed by atoms with van der Waals surface area (Å²) in [6.45, 7) is 5.22. The number of para-hydroxylation sites is 1. The molecule has 1 saturated heterocycles. The molecular formula is C18H25N3O2. The summed E-state index contributed by atoms with van der Waals surface area (Å²) in [6, 6.07) is 9.77. The van der Waals surface area contributed by atoms with Gasteiger partial charge in [0.15, 0.2) is 0 Å². The first-order valence-corrected chi connectivity index (χ1v) is 8.30. The summed E-state index contributed by atoms with van der Waals surface area (Å²) in [5.74, 6) is 0.559. The van der Waals surface area contributed by atoms with Gasteiger partial charge in [-0.1, -0.05) is 18.2 Å². The van der Waals surface area contributed by atoms with E-state index in [9.17, 15) is 4.79 Å².